The van der Waals surface area contributed by atoms with Gasteiger partial charge in [-0.1, -0.05) is 97.1 Å². The van der Waals surface area contributed by atoms with Crippen molar-refractivity contribution in [2.75, 3.05) is 0 Å². The molecule has 0 saturated carbocycles. The summed E-state index contributed by atoms with van der Waals surface area (Å²) < 4.78 is 0. The lowest BCUT2D eigenvalue weighted by molar-refractivity contribution is 1.71. The third kappa shape index (κ3) is 2.57. The fourth-order valence-corrected chi connectivity index (χ4v) is 5.23. The normalized spacial score (nSPS) is 11.8. The Bertz CT molecular complexity index is 1820. The van der Waals surface area contributed by atoms with Crippen LogP contribution in [0, 0.1) is 0 Å². The van der Waals surface area contributed by atoms with E-state index in [0.717, 1.165) is 0 Å². The van der Waals surface area contributed by atoms with Crippen LogP contribution in [0.4, 0.5) is 0 Å². The standard InChI is InChI=1S/C32H20/c1-3-9-24-19-30-26(17-22(24)7-1)12-6-13-28(30)29-14-5-11-21-15-16-27-18-23-8-2-4-10-25(23)20-31(27)32(21)29/h1-20H. The second-order valence-corrected chi connectivity index (χ2v) is 8.62. The lowest BCUT2D eigenvalue weighted by Gasteiger charge is -2.14. The molecule has 0 aliphatic carbocycles. The lowest BCUT2D eigenvalue weighted by Crippen LogP contribution is -1.87. The maximum Gasteiger partial charge on any atom is -0.00264 e. The molecule has 148 valence electrons. The Labute approximate surface area is 186 Å². The van der Waals surface area contributed by atoms with Crippen LogP contribution in [0.1, 0.15) is 0 Å². The van der Waals surface area contributed by atoms with Crippen LogP contribution in [-0.4, -0.2) is 0 Å². The Kier molecular flexibility index (Phi) is 3.65. The van der Waals surface area contributed by atoms with Gasteiger partial charge in [-0.2, -0.15) is 0 Å². The molecule has 7 aromatic rings. The Morgan fingerprint density at radius 2 is 0.750 bits per heavy atom. The molecule has 0 aromatic heterocycles. The molecule has 0 N–H and O–H groups in total. The van der Waals surface area contributed by atoms with Crippen LogP contribution >= 0.6 is 0 Å². The highest BCUT2D eigenvalue weighted by Crippen LogP contribution is 2.39. The van der Waals surface area contributed by atoms with Crippen molar-refractivity contribution in [3.05, 3.63) is 121 Å². The third-order valence-corrected chi connectivity index (χ3v) is 6.76. The largest absolute Gasteiger partial charge is 0.0616 e. The molecular weight excluding hydrogens is 384 g/mol. The van der Waals surface area contributed by atoms with Crippen LogP contribution in [0.15, 0.2) is 121 Å². The Morgan fingerprint density at radius 3 is 1.44 bits per heavy atom. The van der Waals surface area contributed by atoms with Gasteiger partial charge in [-0.25, -0.2) is 0 Å². The lowest BCUT2D eigenvalue weighted by atomic mass is 9.89. The molecule has 0 unspecified atom stereocenters. The summed E-state index contributed by atoms with van der Waals surface area (Å²) in [5.74, 6) is 0. The summed E-state index contributed by atoms with van der Waals surface area (Å²) >= 11 is 0. The summed E-state index contributed by atoms with van der Waals surface area (Å²) in [6.45, 7) is 0. The highest BCUT2D eigenvalue weighted by atomic mass is 14.2. The number of hydrogen-bond acceptors (Lipinski definition) is 0. The topological polar surface area (TPSA) is 0 Å². The first-order valence-corrected chi connectivity index (χ1v) is 11.1. The predicted octanol–water partition coefficient (Wildman–Crippen LogP) is 9.12. The van der Waals surface area contributed by atoms with E-state index in [-0.39, 0.29) is 0 Å². The number of benzene rings is 7. The van der Waals surface area contributed by atoms with Crippen LogP contribution in [0.5, 0.6) is 0 Å². The molecule has 0 bridgehead atoms. The molecule has 0 heteroatoms. The van der Waals surface area contributed by atoms with Crippen molar-refractivity contribution in [3.63, 3.8) is 0 Å². The van der Waals surface area contributed by atoms with E-state index in [1.165, 1.54) is 65.0 Å². The summed E-state index contributed by atoms with van der Waals surface area (Å²) in [4.78, 5) is 0. The van der Waals surface area contributed by atoms with Gasteiger partial charge in [0.25, 0.3) is 0 Å². The minimum absolute atomic E-state index is 1.28. The molecular formula is C32H20. The van der Waals surface area contributed by atoms with E-state index in [1.54, 1.807) is 0 Å². The van der Waals surface area contributed by atoms with Gasteiger partial charge in [-0.15, -0.1) is 0 Å². The first kappa shape index (κ1) is 17.5. The maximum atomic E-state index is 2.36. The molecule has 0 fully saturated rings. The van der Waals surface area contributed by atoms with Gasteiger partial charge in [0.05, 0.1) is 0 Å². The van der Waals surface area contributed by atoms with E-state index in [1.807, 2.05) is 0 Å². The highest BCUT2D eigenvalue weighted by molar-refractivity contribution is 6.19. The minimum atomic E-state index is 1.28. The molecule has 0 amide bonds. The van der Waals surface area contributed by atoms with Gasteiger partial charge in [0, 0.05) is 0 Å². The summed E-state index contributed by atoms with van der Waals surface area (Å²) in [5.41, 5.74) is 2.59. The summed E-state index contributed by atoms with van der Waals surface area (Å²) in [6, 6.07) is 44.5. The van der Waals surface area contributed by atoms with E-state index >= 15 is 0 Å². The van der Waals surface area contributed by atoms with Crippen molar-refractivity contribution in [3.8, 4) is 11.1 Å². The summed E-state index contributed by atoms with van der Waals surface area (Å²) in [7, 11) is 0. The molecule has 7 rings (SSSR count). The van der Waals surface area contributed by atoms with Gasteiger partial charge in [0.15, 0.2) is 0 Å². The number of rotatable bonds is 1. The second-order valence-electron chi connectivity index (χ2n) is 8.62. The molecule has 0 aliphatic rings. The first-order chi connectivity index (χ1) is 15.8. The van der Waals surface area contributed by atoms with Crippen LogP contribution in [0.25, 0.3) is 65.0 Å². The molecule has 0 aliphatic heterocycles. The van der Waals surface area contributed by atoms with Crippen LogP contribution in [0.3, 0.4) is 0 Å². The van der Waals surface area contributed by atoms with Crippen molar-refractivity contribution in [2.24, 2.45) is 0 Å². The fraction of sp³-hybridized carbons (Fsp3) is 0. The quantitative estimate of drug-likeness (QED) is 0.189. The van der Waals surface area contributed by atoms with Crippen molar-refractivity contribution in [2.45, 2.75) is 0 Å². The van der Waals surface area contributed by atoms with E-state index in [0.29, 0.717) is 0 Å². The zero-order chi connectivity index (χ0) is 21.1. The number of fused-ring (bicyclic) bond motifs is 6. The van der Waals surface area contributed by atoms with E-state index in [9.17, 15) is 0 Å². The third-order valence-electron chi connectivity index (χ3n) is 6.76. The minimum Gasteiger partial charge on any atom is -0.0616 e. The smallest absolute Gasteiger partial charge is 0.00264 e. The molecule has 0 nitrogen and oxygen atoms in total. The average molecular weight is 405 g/mol. The Morgan fingerprint density at radius 1 is 0.281 bits per heavy atom. The van der Waals surface area contributed by atoms with Gasteiger partial charge in [-0.3, -0.25) is 0 Å². The Balaban J connectivity index is 1.63. The van der Waals surface area contributed by atoms with Crippen LogP contribution in [-0.2, 0) is 0 Å². The van der Waals surface area contributed by atoms with Gasteiger partial charge >= 0.3 is 0 Å². The first-order valence-electron chi connectivity index (χ1n) is 11.1. The summed E-state index contributed by atoms with van der Waals surface area (Å²) in [5, 5.41) is 12.9. The van der Waals surface area contributed by atoms with Crippen molar-refractivity contribution >= 4 is 53.9 Å². The molecule has 0 radical (unpaired) electrons. The highest BCUT2D eigenvalue weighted by Gasteiger charge is 2.12. The molecule has 0 spiro atoms. The van der Waals surface area contributed by atoms with Crippen molar-refractivity contribution < 1.29 is 0 Å². The van der Waals surface area contributed by atoms with Gasteiger partial charge in [-0.05, 0) is 89.3 Å². The average Bonchev–Trinajstić information content (AvgIpc) is 2.85. The molecule has 0 atom stereocenters. The molecule has 7 aromatic carbocycles. The van der Waals surface area contributed by atoms with E-state index in [2.05, 4.69) is 121 Å². The fourth-order valence-electron chi connectivity index (χ4n) is 5.23. The van der Waals surface area contributed by atoms with Crippen molar-refractivity contribution in [1.82, 2.24) is 0 Å². The molecule has 0 heterocycles. The monoisotopic (exact) mass is 404 g/mol. The second kappa shape index (κ2) is 6.67. The maximum absolute atomic E-state index is 2.36. The van der Waals surface area contributed by atoms with Gasteiger partial charge in [0.2, 0.25) is 0 Å². The summed E-state index contributed by atoms with van der Waals surface area (Å²) in [6.07, 6.45) is 0. The Hall–Kier alpha value is -4.16. The van der Waals surface area contributed by atoms with E-state index < -0.39 is 0 Å². The van der Waals surface area contributed by atoms with Gasteiger partial charge < -0.3 is 0 Å². The van der Waals surface area contributed by atoms with Crippen LogP contribution < -0.4 is 0 Å². The van der Waals surface area contributed by atoms with E-state index in [4.69, 9.17) is 0 Å². The predicted molar refractivity (Wildman–Crippen MR) is 139 cm³/mol. The SMILES string of the molecule is c1ccc2cc3c(-c4cccc5ccc6cc7ccccc7cc6c45)cccc3cc2c1. The van der Waals surface area contributed by atoms with Crippen molar-refractivity contribution in [1.29, 1.82) is 0 Å². The van der Waals surface area contributed by atoms with Crippen LogP contribution in [0.2, 0.25) is 0 Å². The van der Waals surface area contributed by atoms with Gasteiger partial charge in [0.1, 0.15) is 0 Å². The number of hydrogen-bond donors (Lipinski definition) is 0. The zero-order valence-corrected chi connectivity index (χ0v) is 17.5. The molecule has 32 heavy (non-hydrogen) atoms. The zero-order valence-electron chi connectivity index (χ0n) is 17.5. The molecule has 0 saturated heterocycles.